The van der Waals surface area contributed by atoms with Crippen LogP contribution in [0.15, 0.2) is 24.3 Å². The summed E-state index contributed by atoms with van der Waals surface area (Å²) in [6.07, 6.45) is 4.58. The number of benzene rings is 1. The summed E-state index contributed by atoms with van der Waals surface area (Å²) < 4.78 is 5.99. The average Bonchev–Trinajstić information content (AvgIpc) is 2.51. The molecular formula is C24H41NO3. The van der Waals surface area contributed by atoms with E-state index < -0.39 is 0 Å². The number of nitrogens with zero attached hydrogens (tertiary/aromatic N) is 1. The molecule has 160 valence electrons. The van der Waals surface area contributed by atoms with E-state index in [4.69, 9.17) is 4.74 Å². The zero-order valence-electron chi connectivity index (χ0n) is 19.2. The first-order valence-corrected chi connectivity index (χ1v) is 10.6. The van der Waals surface area contributed by atoms with Crippen LogP contribution >= 0.6 is 0 Å². The number of nitro groups is 1. The molecule has 0 amide bonds. The minimum atomic E-state index is -0.367. The molecule has 0 aromatic heterocycles. The van der Waals surface area contributed by atoms with Crippen LogP contribution in [0, 0.1) is 38.7 Å². The van der Waals surface area contributed by atoms with Crippen LogP contribution in [0.3, 0.4) is 0 Å². The standard InChI is InChI=1S/C24H41NO3/c1-18(15-23(3,4)5)13-14-20(19(2)16-24(6,7)8)17-28-22-12-10-9-11-21(22)25(26)27/h9-12,18-20H,13-17H2,1-8H3/t18-,19+,20+/m1/s1. The van der Waals surface area contributed by atoms with Crippen LogP contribution in [-0.4, -0.2) is 11.5 Å². The molecule has 0 aliphatic carbocycles. The highest BCUT2D eigenvalue weighted by Gasteiger charge is 2.26. The van der Waals surface area contributed by atoms with E-state index in [-0.39, 0.29) is 16.0 Å². The number of para-hydroxylation sites is 2. The fourth-order valence-corrected chi connectivity index (χ4v) is 4.24. The second-order valence-electron chi connectivity index (χ2n) is 11.0. The van der Waals surface area contributed by atoms with Crippen LogP contribution in [0.2, 0.25) is 0 Å². The quantitative estimate of drug-likeness (QED) is 0.306. The molecule has 0 radical (unpaired) electrons. The van der Waals surface area contributed by atoms with Gasteiger partial charge in [0.05, 0.1) is 11.5 Å². The molecule has 0 heterocycles. The van der Waals surface area contributed by atoms with E-state index in [1.165, 1.54) is 12.5 Å². The van der Waals surface area contributed by atoms with Crippen LogP contribution in [0.1, 0.15) is 81.1 Å². The summed E-state index contributed by atoms with van der Waals surface area (Å²) in [7, 11) is 0. The Morgan fingerprint density at radius 1 is 0.964 bits per heavy atom. The van der Waals surface area contributed by atoms with Crippen molar-refractivity contribution in [1.29, 1.82) is 0 Å². The molecule has 0 aliphatic heterocycles. The fraction of sp³-hybridized carbons (Fsp3) is 0.750. The van der Waals surface area contributed by atoms with Crippen molar-refractivity contribution in [2.24, 2.45) is 28.6 Å². The van der Waals surface area contributed by atoms with E-state index in [2.05, 4.69) is 55.4 Å². The first kappa shape index (κ1) is 24.5. The summed E-state index contributed by atoms with van der Waals surface area (Å²) >= 11 is 0. The molecule has 0 fully saturated rings. The molecule has 4 nitrogen and oxygen atoms in total. The van der Waals surface area contributed by atoms with Gasteiger partial charge in [-0.15, -0.1) is 0 Å². The Hall–Kier alpha value is -1.58. The lowest BCUT2D eigenvalue weighted by Crippen LogP contribution is -2.25. The Bertz CT molecular complexity index is 613. The maximum atomic E-state index is 11.3. The van der Waals surface area contributed by atoms with E-state index >= 15 is 0 Å². The maximum absolute atomic E-state index is 11.3. The van der Waals surface area contributed by atoms with Gasteiger partial charge in [-0.3, -0.25) is 10.1 Å². The van der Waals surface area contributed by atoms with Crippen molar-refractivity contribution in [3.05, 3.63) is 34.4 Å². The predicted octanol–water partition coefficient (Wildman–Crippen LogP) is 7.51. The van der Waals surface area contributed by atoms with Crippen molar-refractivity contribution < 1.29 is 9.66 Å². The average molecular weight is 392 g/mol. The van der Waals surface area contributed by atoms with E-state index in [1.54, 1.807) is 18.2 Å². The third kappa shape index (κ3) is 9.57. The van der Waals surface area contributed by atoms with Gasteiger partial charge in [-0.05, 0) is 53.9 Å². The molecule has 0 aliphatic rings. The highest BCUT2D eigenvalue weighted by atomic mass is 16.6. The van der Waals surface area contributed by atoms with Crippen LogP contribution in [0.25, 0.3) is 0 Å². The molecule has 1 aromatic carbocycles. The summed E-state index contributed by atoms with van der Waals surface area (Å²) in [6.45, 7) is 18.8. The Morgan fingerprint density at radius 2 is 1.54 bits per heavy atom. The number of rotatable bonds is 10. The topological polar surface area (TPSA) is 52.4 Å². The molecule has 3 atom stereocenters. The number of hydrogen-bond acceptors (Lipinski definition) is 3. The molecule has 1 aromatic rings. The molecule has 0 saturated heterocycles. The van der Waals surface area contributed by atoms with Crippen molar-refractivity contribution in [1.82, 2.24) is 0 Å². The smallest absolute Gasteiger partial charge is 0.310 e. The van der Waals surface area contributed by atoms with Crippen molar-refractivity contribution in [2.45, 2.75) is 81.1 Å². The van der Waals surface area contributed by atoms with Crippen molar-refractivity contribution >= 4 is 5.69 Å². The van der Waals surface area contributed by atoms with Gasteiger partial charge in [0.15, 0.2) is 5.75 Å². The second-order valence-corrected chi connectivity index (χ2v) is 11.0. The molecule has 0 N–H and O–H groups in total. The van der Waals surface area contributed by atoms with Crippen LogP contribution in [0.4, 0.5) is 5.69 Å². The number of ether oxygens (including phenoxy) is 1. The minimum absolute atomic E-state index is 0.0471. The van der Waals surface area contributed by atoms with E-state index in [0.717, 1.165) is 19.3 Å². The molecule has 0 saturated carbocycles. The third-order valence-corrected chi connectivity index (χ3v) is 5.25. The number of hydrogen-bond donors (Lipinski definition) is 0. The maximum Gasteiger partial charge on any atom is 0.310 e. The zero-order valence-corrected chi connectivity index (χ0v) is 19.2. The van der Waals surface area contributed by atoms with Gasteiger partial charge < -0.3 is 4.74 Å². The van der Waals surface area contributed by atoms with E-state index in [0.29, 0.717) is 35.5 Å². The zero-order chi connectivity index (χ0) is 21.5. The van der Waals surface area contributed by atoms with Crippen LogP contribution < -0.4 is 4.74 Å². The Balaban J connectivity index is 2.82. The Morgan fingerprint density at radius 3 is 2.07 bits per heavy atom. The van der Waals surface area contributed by atoms with Gasteiger partial charge in [0, 0.05) is 6.07 Å². The van der Waals surface area contributed by atoms with Crippen LogP contribution in [-0.2, 0) is 0 Å². The van der Waals surface area contributed by atoms with Crippen LogP contribution in [0.5, 0.6) is 5.75 Å². The Kier molecular flexibility index (Phi) is 8.97. The SMILES string of the molecule is C[C@H](CC[C@@H](COc1ccccc1[N+](=O)[O-])[C@@H](C)CC(C)(C)C)CC(C)(C)C. The summed E-state index contributed by atoms with van der Waals surface area (Å²) in [5.74, 6) is 1.93. The summed E-state index contributed by atoms with van der Waals surface area (Å²) in [5.41, 5.74) is 0.645. The molecule has 1 rings (SSSR count). The number of nitro benzene ring substituents is 1. The van der Waals surface area contributed by atoms with Gasteiger partial charge in [-0.1, -0.05) is 73.9 Å². The van der Waals surface area contributed by atoms with E-state index in [9.17, 15) is 10.1 Å². The summed E-state index contributed by atoms with van der Waals surface area (Å²) in [6, 6.07) is 6.68. The molecular weight excluding hydrogens is 350 g/mol. The van der Waals surface area contributed by atoms with Gasteiger partial charge in [-0.25, -0.2) is 0 Å². The fourth-order valence-electron chi connectivity index (χ4n) is 4.24. The third-order valence-electron chi connectivity index (χ3n) is 5.25. The minimum Gasteiger partial charge on any atom is -0.487 e. The molecule has 4 heteroatoms. The lowest BCUT2D eigenvalue weighted by Gasteiger charge is -2.31. The van der Waals surface area contributed by atoms with Gasteiger partial charge in [-0.2, -0.15) is 0 Å². The van der Waals surface area contributed by atoms with Gasteiger partial charge >= 0.3 is 5.69 Å². The second kappa shape index (κ2) is 10.3. The molecule has 28 heavy (non-hydrogen) atoms. The molecule has 0 unspecified atom stereocenters. The highest BCUT2D eigenvalue weighted by molar-refractivity contribution is 5.45. The summed E-state index contributed by atoms with van der Waals surface area (Å²) in [5, 5.41) is 11.3. The van der Waals surface area contributed by atoms with Gasteiger partial charge in [0.2, 0.25) is 0 Å². The van der Waals surface area contributed by atoms with Gasteiger partial charge in [0.25, 0.3) is 0 Å². The molecule has 0 spiro atoms. The summed E-state index contributed by atoms with van der Waals surface area (Å²) in [4.78, 5) is 10.9. The molecule has 0 bridgehead atoms. The highest BCUT2D eigenvalue weighted by Crippen LogP contribution is 2.35. The largest absolute Gasteiger partial charge is 0.487 e. The van der Waals surface area contributed by atoms with Crippen molar-refractivity contribution in [3.8, 4) is 5.75 Å². The van der Waals surface area contributed by atoms with Crippen molar-refractivity contribution in [2.75, 3.05) is 6.61 Å². The monoisotopic (exact) mass is 391 g/mol. The van der Waals surface area contributed by atoms with Crippen molar-refractivity contribution in [3.63, 3.8) is 0 Å². The lowest BCUT2D eigenvalue weighted by atomic mass is 9.76. The van der Waals surface area contributed by atoms with Gasteiger partial charge in [0.1, 0.15) is 0 Å². The first-order valence-electron chi connectivity index (χ1n) is 10.6. The normalized spacial score (nSPS) is 15.7. The Labute approximate surface area is 172 Å². The lowest BCUT2D eigenvalue weighted by molar-refractivity contribution is -0.385. The predicted molar refractivity (Wildman–Crippen MR) is 118 cm³/mol. The first-order chi connectivity index (χ1) is 12.8. The van der Waals surface area contributed by atoms with E-state index in [1.807, 2.05) is 0 Å².